The highest BCUT2D eigenvalue weighted by atomic mass is 19.1. The van der Waals surface area contributed by atoms with Gasteiger partial charge < -0.3 is 10.4 Å². The molecule has 10 heteroatoms. The number of rotatable bonds is 10. The quantitative estimate of drug-likeness (QED) is 0.287. The number of hydroxylamine groups is 1. The molecule has 0 aliphatic carbocycles. The van der Waals surface area contributed by atoms with Crippen LogP contribution in [0.25, 0.3) is 17.1 Å². The fraction of sp³-hybridized carbons (Fsp3) is 0.185. The van der Waals surface area contributed by atoms with Gasteiger partial charge in [0.1, 0.15) is 5.69 Å². The number of pyridine rings is 1. The maximum atomic E-state index is 14.8. The molecule has 2 amide bonds. The zero-order valence-electron chi connectivity index (χ0n) is 20.0. The van der Waals surface area contributed by atoms with Gasteiger partial charge >= 0.3 is 0 Å². The molecule has 2 aromatic heterocycles. The van der Waals surface area contributed by atoms with Crippen molar-refractivity contribution in [2.24, 2.45) is 0 Å². The van der Waals surface area contributed by atoms with E-state index in [1.807, 2.05) is 36.4 Å². The van der Waals surface area contributed by atoms with Crippen molar-refractivity contribution in [2.45, 2.75) is 25.5 Å². The molecule has 3 N–H and O–H groups in total. The summed E-state index contributed by atoms with van der Waals surface area (Å²) in [6.45, 7) is 1.89. The van der Waals surface area contributed by atoms with E-state index >= 15 is 0 Å². The Balaban J connectivity index is 1.62. The Morgan fingerprint density at radius 3 is 2.46 bits per heavy atom. The van der Waals surface area contributed by atoms with Crippen LogP contribution < -0.4 is 10.8 Å². The summed E-state index contributed by atoms with van der Waals surface area (Å²) < 4.78 is 16.0. The number of nitrogens with zero attached hydrogens (tertiary/aromatic N) is 3. The highest BCUT2D eigenvalue weighted by molar-refractivity contribution is 5.97. The van der Waals surface area contributed by atoms with E-state index < -0.39 is 29.8 Å². The van der Waals surface area contributed by atoms with Crippen molar-refractivity contribution >= 4 is 11.8 Å². The van der Waals surface area contributed by atoms with Gasteiger partial charge in [-0.2, -0.15) is 5.10 Å². The van der Waals surface area contributed by atoms with E-state index in [0.717, 1.165) is 11.8 Å². The van der Waals surface area contributed by atoms with Crippen molar-refractivity contribution in [1.29, 1.82) is 0 Å². The van der Waals surface area contributed by atoms with E-state index in [1.54, 1.807) is 37.3 Å². The second kappa shape index (κ2) is 12.0. The van der Waals surface area contributed by atoms with Crippen LogP contribution in [0, 0.1) is 5.82 Å². The fourth-order valence-corrected chi connectivity index (χ4v) is 3.75. The summed E-state index contributed by atoms with van der Waals surface area (Å²) in [4.78, 5) is 34.9. The highest BCUT2D eigenvalue weighted by Crippen LogP contribution is 2.23. The van der Waals surface area contributed by atoms with Crippen LogP contribution in [0.2, 0.25) is 0 Å². The molecule has 0 fully saturated rings. The van der Waals surface area contributed by atoms with Gasteiger partial charge in [0.05, 0.1) is 24.4 Å². The molecule has 0 saturated heterocycles. The van der Waals surface area contributed by atoms with Crippen LogP contribution in [-0.4, -0.2) is 50.4 Å². The molecular weight excluding hydrogens is 477 g/mol. The molecule has 2 atom stereocenters. The number of aliphatic hydroxyl groups excluding tert-OH is 1. The van der Waals surface area contributed by atoms with E-state index in [0.29, 0.717) is 5.56 Å². The fourth-order valence-electron chi connectivity index (χ4n) is 3.75. The number of hydrogen-bond donors (Lipinski definition) is 3. The zero-order chi connectivity index (χ0) is 26.2. The normalized spacial score (nSPS) is 12.5. The van der Waals surface area contributed by atoms with Gasteiger partial charge in [-0.1, -0.05) is 60.7 Å². The Morgan fingerprint density at radius 2 is 1.76 bits per heavy atom. The van der Waals surface area contributed by atoms with E-state index in [4.69, 9.17) is 4.84 Å². The molecule has 0 radical (unpaired) electrons. The van der Waals surface area contributed by atoms with Gasteiger partial charge in [0, 0.05) is 11.8 Å². The Hall–Kier alpha value is -4.41. The van der Waals surface area contributed by atoms with Gasteiger partial charge in [0.15, 0.2) is 17.7 Å². The second-order valence-corrected chi connectivity index (χ2v) is 8.12. The maximum Gasteiger partial charge on any atom is 0.274 e. The molecule has 0 spiro atoms. The minimum Gasteiger partial charge on any atom is -0.381 e. The van der Waals surface area contributed by atoms with Gasteiger partial charge in [-0.25, -0.2) is 19.5 Å². The van der Waals surface area contributed by atoms with E-state index in [9.17, 15) is 19.1 Å². The van der Waals surface area contributed by atoms with E-state index in [1.165, 1.54) is 16.9 Å². The summed E-state index contributed by atoms with van der Waals surface area (Å²) in [6, 6.07) is 20.0. The molecule has 190 valence electrons. The molecule has 0 saturated carbocycles. The number of aromatic nitrogens is 3. The Kier molecular flexibility index (Phi) is 8.34. The third-order valence-electron chi connectivity index (χ3n) is 5.55. The van der Waals surface area contributed by atoms with Crippen LogP contribution in [0.3, 0.4) is 0 Å². The molecule has 2 unspecified atom stereocenters. The van der Waals surface area contributed by atoms with Crippen molar-refractivity contribution in [3.8, 4) is 17.1 Å². The zero-order valence-corrected chi connectivity index (χ0v) is 20.0. The summed E-state index contributed by atoms with van der Waals surface area (Å²) in [5.41, 5.74) is 3.73. The van der Waals surface area contributed by atoms with Gasteiger partial charge in [0.2, 0.25) is 0 Å². The lowest BCUT2D eigenvalue weighted by atomic mass is 10.00. The van der Waals surface area contributed by atoms with Crippen LogP contribution in [0.15, 0.2) is 85.2 Å². The summed E-state index contributed by atoms with van der Waals surface area (Å²) in [5, 5.41) is 17.8. The summed E-state index contributed by atoms with van der Waals surface area (Å²) in [5.74, 6) is -1.90. The predicted molar refractivity (Wildman–Crippen MR) is 134 cm³/mol. The molecule has 0 aliphatic heterocycles. The molecule has 2 aromatic carbocycles. The van der Waals surface area contributed by atoms with E-state index in [-0.39, 0.29) is 30.1 Å². The lowest BCUT2D eigenvalue weighted by molar-refractivity contribution is -0.143. The van der Waals surface area contributed by atoms with Gasteiger partial charge in [-0.05, 0) is 31.0 Å². The van der Waals surface area contributed by atoms with Gasteiger partial charge in [-0.15, -0.1) is 0 Å². The molecule has 9 nitrogen and oxygen atoms in total. The first-order valence-corrected chi connectivity index (χ1v) is 11.7. The van der Waals surface area contributed by atoms with Crippen LogP contribution in [0.1, 0.15) is 22.8 Å². The monoisotopic (exact) mass is 503 g/mol. The van der Waals surface area contributed by atoms with Crippen LogP contribution in [0.5, 0.6) is 0 Å². The Morgan fingerprint density at radius 1 is 1.05 bits per heavy atom. The average molecular weight is 504 g/mol. The number of benzene rings is 2. The molecule has 4 aromatic rings. The van der Waals surface area contributed by atoms with Crippen molar-refractivity contribution in [3.05, 3.63) is 102 Å². The average Bonchev–Trinajstić information content (AvgIpc) is 3.33. The summed E-state index contributed by atoms with van der Waals surface area (Å²) >= 11 is 0. The minimum atomic E-state index is -1.61. The van der Waals surface area contributed by atoms with Crippen LogP contribution in [-0.2, 0) is 16.1 Å². The number of carbonyl (C=O) groups is 2. The number of halogens is 1. The standard InChI is InChI=1S/C27H26FN5O4/c1-2-37-32-27(36)24(34)22(16-18-10-5-3-6-11-18)30-26(35)20-14-9-15-29-25(20)33-17-21(28)23(31-33)19-12-7-4-8-13-19/h3-15,17,22,24,34H,2,16H2,1H3,(H,30,35)(H,32,36). The first-order chi connectivity index (χ1) is 18.0. The van der Waals surface area contributed by atoms with Crippen molar-refractivity contribution < 1.29 is 23.9 Å². The first-order valence-electron chi connectivity index (χ1n) is 11.7. The SMILES string of the molecule is CCONC(=O)C(O)C(Cc1ccccc1)NC(=O)c1cccnc1-n1cc(F)c(-c2ccccc2)n1. The van der Waals surface area contributed by atoms with Crippen molar-refractivity contribution in [2.75, 3.05) is 6.61 Å². The van der Waals surface area contributed by atoms with Crippen LogP contribution >= 0.6 is 0 Å². The van der Waals surface area contributed by atoms with Crippen molar-refractivity contribution in [3.63, 3.8) is 0 Å². The van der Waals surface area contributed by atoms with Crippen molar-refractivity contribution in [1.82, 2.24) is 25.6 Å². The molecule has 0 aliphatic rings. The molecule has 2 heterocycles. The minimum absolute atomic E-state index is 0.0834. The first kappa shape index (κ1) is 25.7. The predicted octanol–water partition coefficient (Wildman–Crippen LogP) is 2.84. The van der Waals surface area contributed by atoms with Gasteiger partial charge in [-0.3, -0.25) is 14.4 Å². The smallest absolute Gasteiger partial charge is 0.274 e. The maximum absolute atomic E-state index is 14.8. The Labute approximate surface area is 212 Å². The third-order valence-corrected chi connectivity index (χ3v) is 5.55. The molecule has 37 heavy (non-hydrogen) atoms. The lowest BCUT2D eigenvalue weighted by Gasteiger charge is -2.24. The summed E-state index contributed by atoms with van der Waals surface area (Å²) in [6.07, 6.45) is 1.16. The number of aliphatic hydroxyl groups is 1. The lowest BCUT2D eigenvalue weighted by Crippen LogP contribution is -2.51. The van der Waals surface area contributed by atoms with Gasteiger partial charge in [0.25, 0.3) is 11.8 Å². The topological polar surface area (TPSA) is 118 Å². The number of amides is 2. The Bertz CT molecular complexity index is 1350. The number of hydrogen-bond acceptors (Lipinski definition) is 6. The molecular formula is C27H26FN5O4. The molecule has 4 rings (SSSR count). The summed E-state index contributed by atoms with van der Waals surface area (Å²) in [7, 11) is 0. The number of carbonyl (C=O) groups excluding carboxylic acids is 2. The van der Waals surface area contributed by atoms with E-state index in [2.05, 4.69) is 20.9 Å². The number of nitrogens with one attached hydrogen (secondary N) is 2. The second-order valence-electron chi connectivity index (χ2n) is 8.12. The molecule has 0 bridgehead atoms. The van der Waals surface area contributed by atoms with Crippen LogP contribution in [0.4, 0.5) is 4.39 Å². The largest absolute Gasteiger partial charge is 0.381 e. The highest BCUT2D eigenvalue weighted by Gasteiger charge is 2.29. The third kappa shape index (κ3) is 6.24.